The molecule has 0 radical (unpaired) electrons. The Morgan fingerprint density at radius 3 is 2.71 bits per heavy atom. The normalized spacial score (nSPS) is 10.7. The Hall–Kier alpha value is -1.69. The monoisotopic (exact) mass is 190 g/mol. The first-order valence-corrected chi connectivity index (χ1v) is 4.33. The molecule has 14 heavy (non-hydrogen) atoms. The molecule has 74 valence electrons. The van der Waals surface area contributed by atoms with Crippen LogP contribution in [-0.4, -0.2) is 10.6 Å². The van der Waals surface area contributed by atoms with Gasteiger partial charge in [-0.25, -0.2) is 4.98 Å². The predicted octanol–water partition coefficient (Wildman–Crippen LogP) is 1.76. The summed E-state index contributed by atoms with van der Waals surface area (Å²) in [6, 6.07) is 1.80. The molecular formula is C11H14N2O. The van der Waals surface area contributed by atoms with E-state index in [2.05, 4.69) is 10.9 Å². The molecule has 2 N–H and O–H groups in total. The van der Waals surface area contributed by atoms with E-state index in [1.165, 1.54) is 0 Å². The largest absolute Gasteiger partial charge is 0.458 e. The summed E-state index contributed by atoms with van der Waals surface area (Å²) in [5.74, 6) is 3.07. The van der Waals surface area contributed by atoms with Crippen LogP contribution in [0.4, 0.5) is 5.69 Å². The number of hydrogen-bond donors (Lipinski definition) is 1. The van der Waals surface area contributed by atoms with Crippen LogP contribution in [0.5, 0.6) is 5.88 Å². The Labute approximate surface area is 84.3 Å². The molecule has 1 aromatic rings. The Balaban J connectivity index is 2.94. The molecule has 0 saturated carbocycles. The van der Waals surface area contributed by atoms with Crippen molar-refractivity contribution in [3.63, 3.8) is 0 Å². The van der Waals surface area contributed by atoms with Gasteiger partial charge in [0.2, 0.25) is 5.88 Å². The summed E-state index contributed by atoms with van der Waals surface area (Å²) in [5, 5.41) is 0. The summed E-state index contributed by atoms with van der Waals surface area (Å²) in [4.78, 5) is 4.07. The van der Waals surface area contributed by atoms with Gasteiger partial charge in [0.1, 0.15) is 0 Å². The summed E-state index contributed by atoms with van der Waals surface area (Å²) in [6.07, 6.45) is 6.86. The number of ether oxygens (including phenoxy) is 1. The molecule has 1 rings (SSSR count). The highest BCUT2D eigenvalue weighted by molar-refractivity contribution is 5.42. The molecule has 0 unspecified atom stereocenters. The van der Waals surface area contributed by atoms with Crippen LogP contribution in [0.3, 0.4) is 0 Å². The van der Waals surface area contributed by atoms with Crippen LogP contribution in [0.1, 0.15) is 19.4 Å². The lowest BCUT2D eigenvalue weighted by Gasteiger charge is -2.20. The molecule has 0 atom stereocenters. The van der Waals surface area contributed by atoms with E-state index in [9.17, 15) is 0 Å². The third kappa shape index (κ3) is 2.40. The van der Waals surface area contributed by atoms with Crippen molar-refractivity contribution in [2.45, 2.75) is 26.4 Å². The maximum absolute atomic E-state index is 5.57. The Kier molecular flexibility index (Phi) is 2.66. The van der Waals surface area contributed by atoms with Gasteiger partial charge in [0.05, 0.1) is 11.9 Å². The quantitative estimate of drug-likeness (QED) is 0.723. The van der Waals surface area contributed by atoms with Crippen LogP contribution >= 0.6 is 0 Å². The molecule has 3 heteroatoms. The highest BCUT2D eigenvalue weighted by Crippen LogP contribution is 2.20. The molecule has 0 bridgehead atoms. The van der Waals surface area contributed by atoms with Crippen molar-refractivity contribution in [3.8, 4) is 18.2 Å². The first kappa shape index (κ1) is 10.4. The van der Waals surface area contributed by atoms with Gasteiger partial charge in [0.25, 0.3) is 0 Å². The second-order valence-electron chi connectivity index (χ2n) is 3.65. The van der Waals surface area contributed by atoms with Gasteiger partial charge < -0.3 is 10.5 Å². The smallest absolute Gasteiger partial charge is 0.217 e. The van der Waals surface area contributed by atoms with Gasteiger partial charge in [-0.2, -0.15) is 0 Å². The number of rotatable bonds is 2. The molecule has 0 aliphatic carbocycles. The van der Waals surface area contributed by atoms with Gasteiger partial charge in [-0.1, -0.05) is 5.92 Å². The van der Waals surface area contributed by atoms with Gasteiger partial charge in [-0.05, 0) is 26.8 Å². The molecule has 1 aromatic heterocycles. The van der Waals surface area contributed by atoms with E-state index < -0.39 is 5.60 Å². The van der Waals surface area contributed by atoms with E-state index in [0.717, 1.165) is 5.56 Å². The maximum atomic E-state index is 5.57. The number of hydrogen-bond acceptors (Lipinski definition) is 3. The number of nitrogens with two attached hydrogens (primary N) is 1. The molecule has 0 saturated heterocycles. The molecule has 0 spiro atoms. The van der Waals surface area contributed by atoms with E-state index in [0.29, 0.717) is 11.6 Å². The highest BCUT2D eigenvalue weighted by Gasteiger charge is 2.17. The average molecular weight is 190 g/mol. The van der Waals surface area contributed by atoms with Gasteiger partial charge in [-0.3, -0.25) is 0 Å². The molecule has 0 aromatic carbocycles. The van der Waals surface area contributed by atoms with E-state index in [1.54, 1.807) is 12.3 Å². The number of anilines is 1. The predicted molar refractivity (Wildman–Crippen MR) is 56.9 cm³/mol. The fourth-order valence-corrected chi connectivity index (χ4v) is 0.962. The number of nitrogen functional groups attached to an aromatic ring is 1. The number of nitrogens with zero attached hydrogens (tertiary/aromatic N) is 1. The number of terminal acetylenes is 1. The lowest BCUT2D eigenvalue weighted by atomic mass is 10.1. The zero-order valence-electron chi connectivity index (χ0n) is 8.66. The molecule has 0 amide bonds. The lowest BCUT2D eigenvalue weighted by molar-refractivity contribution is 0.163. The van der Waals surface area contributed by atoms with Gasteiger partial charge >= 0.3 is 0 Å². The minimum Gasteiger partial charge on any atom is -0.458 e. The summed E-state index contributed by atoms with van der Waals surface area (Å²) in [5.41, 5.74) is 6.42. The van der Waals surface area contributed by atoms with Crippen molar-refractivity contribution < 1.29 is 4.74 Å². The molecule has 3 nitrogen and oxygen atoms in total. The molecule has 0 fully saturated rings. The first-order chi connectivity index (χ1) is 6.44. The molecule has 0 aliphatic heterocycles. The molecule has 0 aliphatic rings. The second kappa shape index (κ2) is 3.59. The van der Waals surface area contributed by atoms with Crippen LogP contribution in [0.2, 0.25) is 0 Å². The fraction of sp³-hybridized carbons (Fsp3) is 0.364. The van der Waals surface area contributed by atoms with Crippen LogP contribution in [0.15, 0.2) is 12.3 Å². The maximum Gasteiger partial charge on any atom is 0.217 e. The summed E-state index contributed by atoms with van der Waals surface area (Å²) < 4.78 is 5.53. The second-order valence-corrected chi connectivity index (χ2v) is 3.65. The minimum absolute atomic E-state index is 0.530. The highest BCUT2D eigenvalue weighted by atomic mass is 16.5. The van der Waals surface area contributed by atoms with Crippen LogP contribution in [-0.2, 0) is 0 Å². The first-order valence-electron chi connectivity index (χ1n) is 4.33. The zero-order valence-corrected chi connectivity index (χ0v) is 8.66. The third-order valence-corrected chi connectivity index (χ3v) is 1.75. The van der Waals surface area contributed by atoms with Crippen molar-refractivity contribution >= 4 is 5.69 Å². The fourth-order valence-electron chi connectivity index (χ4n) is 0.962. The van der Waals surface area contributed by atoms with Crippen molar-refractivity contribution in [2.75, 3.05) is 5.73 Å². The SMILES string of the molecule is C#CC(C)(C)Oc1ncc(N)cc1C. The minimum atomic E-state index is -0.645. The topological polar surface area (TPSA) is 48.1 Å². The van der Waals surface area contributed by atoms with E-state index in [4.69, 9.17) is 16.9 Å². The summed E-state index contributed by atoms with van der Waals surface area (Å²) in [7, 11) is 0. The summed E-state index contributed by atoms with van der Waals surface area (Å²) >= 11 is 0. The summed E-state index contributed by atoms with van der Waals surface area (Å²) in [6.45, 7) is 5.50. The van der Waals surface area contributed by atoms with Crippen molar-refractivity contribution in [2.24, 2.45) is 0 Å². The Morgan fingerprint density at radius 2 is 2.21 bits per heavy atom. The Morgan fingerprint density at radius 1 is 1.57 bits per heavy atom. The average Bonchev–Trinajstić information content (AvgIpc) is 2.10. The van der Waals surface area contributed by atoms with E-state index >= 15 is 0 Å². The van der Waals surface area contributed by atoms with Gasteiger partial charge in [-0.15, -0.1) is 6.42 Å². The Bertz CT molecular complexity index is 377. The number of pyridine rings is 1. The van der Waals surface area contributed by atoms with Crippen molar-refractivity contribution in [1.82, 2.24) is 4.98 Å². The van der Waals surface area contributed by atoms with Gasteiger partial charge in [0, 0.05) is 5.56 Å². The van der Waals surface area contributed by atoms with Crippen molar-refractivity contribution in [1.29, 1.82) is 0 Å². The van der Waals surface area contributed by atoms with Crippen LogP contribution in [0.25, 0.3) is 0 Å². The third-order valence-electron chi connectivity index (χ3n) is 1.75. The lowest BCUT2D eigenvalue weighted by Crippen LogP contribution is -2.26. The van der Waals surface area contributed by atoms with E-state index in [-0.39, 0.29) is 0 Å². The standard InChI is InChI=1S/C11H14N2O/c1-5-11(3,4)14-10-8(2)6-9(12)7-13-10/h1,6-7H,12H2,2-4H3. The number of aromatic nitrogens is 1. The number of aryl methyl sites for hydroxylation is 1. The zero-order chi connectivity index (χ0) is 10.8. The van der Waals surface area contributed by atoms with Crippen molar-refractivity contribution in [3.05, 3.63) is 17.8 Å². The van der Waals surface area contributed by atoms with Crippen LogP contribution in [0, 0.1) is 19.3 Å². The van der Waals surface area contributed by atoms with E-state index in [1.807, 2.05) is 20.8 Å². The molecule has 1 heterocycles. The van der Waals surface area contributed by atoms with Gasteiger partial charge in [0.15, 0.2) is 5.60 Å². The van der Waals surface area contributed by atoms with Crippen LogP contribution < -0.4 is 10.5 Å². The molecular weight excluding hydrogens is 176 g/mol.